The van der Waals surface area contributed by atoms with Gasteiger partial charge in [0.05, 0.1) is 40.8 Å². The number of halogens is 1. The predicted octanol–water partition coefficient (Wildman–Crippen LogP) is 5.66. The van der Waals surface area contributed by atoms with Gasteiger partial charge in [-0.15, -0.1) is 0 Å². The molecular formula is C26H26ClN3O3. The molecule has 0 saturated carbocycles. The van der Waals surface area contributed by atoms with Crippen molar-refractivity contribution in [2.45, 2.75) is 26.4 Å². The SMILES string of the molecule is CCOc1ccccc1OCCn1c(C(C)NC(=O)c2ccccc2Cl)nc2ccccc21. The van der Waals surface area contributed by atoms with E-state index >= 15 is 0 Å². The van der Waals surface area contributed by atoms with Gasteiger partial charge in [0.25, 0.3) is 5.91 Å². The minimum atomic E-state index is -0.336. The number of nitrogens with zero attached hydrogens (tertiary/aromatic N) is 2. The number of fused-ring (bicyclic) bond motifs is 1. The molecule has 4 aromatic rings. The van der Waals surface area contributed by atoms with Crippen LogP contribution in [0.15, 0.2) is 72.8 Å². The molecule has 0 aliphatic rings. The summed E-state index contributed by atoms with van der Waals surface area (Å²) in [7, 11) is 0. The van der Waals surface area contributed by atoms with Crippen LogP contribution in [0.3, 0.4) is 0 Å². The first-order chi connectivity index (χ1) is 16.1. The van der Waals surface area contributed by atoms with Gasteiger partial charge in [0.2, 0.25) is 0 Å². The maximum Gasteiger partial charge on any atom is 0.253 e. The number of ether oxygens (including phenoxy) is 2. The summed E-state index contributed by atoms with van der Waals surface area (Å²) in [6.45, 7) is 5.40. The zero-order chi connectivity index (χ0) is 23.2. The fourth-order valence-electron chi connectivity index (χ4n) is 3.74. The number of hydrogen-bond donors (Lipinski definition) is 1. The van der Waals surface area contributed by atoms with Crippen molar-refractivity contribution in [3.05, 3.63) is 89.2 Å². The van der Waals surface area contributed by atoms with E-state index in [4.69, 9.17) is 26.1 Å². The number of carbonyl (C=O) groups excluding carboxylic acids is 1. The molecule has 0 saturated heterocycles. The van der Waals surface area contributed by atoms with Crippen molar-refractivity contribution >= 4 is 28.5 Å². The summed E-state index contributed by atoms with van der Waals surface area (Å²) in [6, 6.07) is 22.2. The fraction of sp³-hybridized carbons (Fsp3) is 0.231. The van der Waals surface area contributed by atoms with Crippen LogP contribution in [0.25, 0.3) is 11.0 Å². The Morgan fingerprint density at radius 3 is 2.42 bits per heavy atom. The smallest absolute Gasteiger partial charge is 0.253 e. The van der Waals surface area contributed by atoms with E-state index in [-0.39, 0.29) is 11.9 Å². The lowest BCUT2D eigenvalue weighted by Gasteiger charge is -2.17. The number of amides is 1. The number of para-hydroxylation sites is 4. The van der Waals surface area contributed by atoms with Crippen LogP contribution in [-0.4, -0.2) is 28.7 Å². The average Bonchev–Trinajstić information content (AvgIpc) is 3.19. The summed E-state index contributed by atoms with van der Waals surface area (Å²) in [4.78, 5) is 17.6. The largest absolute Gasteiger partial charge is 0.490 e. The second-order valence-electron chi connectivity index (χ2n) is 7.51. The number of carbonyl (C=O) groups is 1. The number of nitrogens with one attached hydrogen (secondary N) is 1. The number of benzene rings is 3. The van der Waals surface area contributed by atoms with Crippen molar-refractivity contribution in [2.24, 2.45) is 0 Å². The maximum atomic E-state index is 12.8. The van der Waals surface area contributed by atoms with Crippen LogP contribution in [0.4, 0.5) is 0 Å². The molecule has 33 heavy (non-hydrogen) atoms. The monoisotopic (exact) mass is 463 g/mol. The van der Waals surface area contributed by atoms with E-state index < -0.39 is 0 Å². The van der Waals surface area contributed by atoms with Crippen LogP contribution in [0.2, 0.25) is 5.02 Å². The van der Waals surface area contributed by atoms with Gasteiger partial charge in [0, 0.05) is 0 Å². The van der Waals surface area contributed by atoms with Crippen molar-refractivity contribution in [3.8, 4) is 11.5 Å². The second-order valence-corrected chi connectivity index (χ2v) is 7.92. The van der Waals surface area contributed by atoms with Crippen molar-refractivity contribution in [1.29, 1.82) is 0 Å². The Morgan fingerprint density at radius 2 is 1.67 bits per heavy atom. The molecule has 1 amide bonds. The van der Waals surface area contributed by atoms with Gasteiger partial charge in [-0.25, -0.2) is 4.98 Å². The Morgan fingerprint density at radius 1 is 1.00 bits per heavy atom. The maximum absolute atomic E-state index is 12.8. The lowest BCUT2D eigenvalue weighted by molar-refractivity contribution is 0.0937. The Balaban J connectivity index is 1.54. The molecule has 0 fully saturated rings. The van der Waals surface area contributed by atoms with E-state index in [1.165, 1.54) is 0 Å². The molecular weight excluding hydrogens is 438 g/mol. The molecule has 0 aliphatic carbocycles. The highest BCUT2D eigenvalue weighted by atomic mass is 35.5. The van der Waals surface area contributed by atoms with E-state index in [0.717, 1.165) is 22.6 Å². The van der Waals surface area contributed by atoms with Gasteiger partial charge in [-0.1, -0.05) is 48.0 Å². The zero-order valence-corrected chi connectivity index (χ0v) is 19.4. The third-order valence-electron chi connectivity index (χ3n) is 5.26. The van der Waals surface area contributed by atoms with Crippen LogP contribution >= 0.6 is 11.6 Å². The average molecular weight is 464 g/mol. The summed E-state index contributed by atoms with van der Waals surface area (Å²) >= 11 is 6.20. The molecule has 4 rings (SSSR count). The first kappa shape index (κ1) is 22.7. The molecule has 1 aromatic heterocycles. The van der Waals surface area contributed by atoms with Gasteiger partial charge in [-0.05, 0) is 50.2 Å². The highest BCUT2D eigenvalue weighted by Gasteiger charge is 2.20. The highest BCUT2D eigenvalue weighted by Crippen LogP contribution is 2.27. The normalized spacial score (nSPS) is 11.8. The highest BCUT2D eigenvalue weighted by molar-refractivity contribution is 6.33. The number of aromatic nitrogens is 2. The van der Waals surface area contributed by atoms with Gasteiger partial charge >= 0.3 is 0 Å². The molecule has 0 aliphatic heterocycles. The molecule has 0 bridgehead atoms. The van der Waals surface area contributed by atoms with Gasteiger partial charge in [0.15, 0.2) is 11.5 Å². The lowest BCUT2D eigenvalue weighted by atomic mass is 10.2. The third kappa shape index (κ3) is 5.12. The van der Waals surface area contributed by atoms with E-state index in [2.05, 4.69) is 9.88 Å². The molecule has 6 nitrogen and oxygen atoms in total. The Kier molecular flexibility index (Phi) is 7.15. The number of imidazole rings is 1. The fourth-order valence-corrected chi connectivity index (χ4v) is 3.96. The standard InChI is InChI=1S/C26H26ClN3O3/c1-3-32-23-14-8-9-15-24(23)33-17-16-30-22-13-7-6-12-21(22)29-25(30)18(2)28-26(31)19-10-4-5-11-20(19)27/h4-15,18H,3,16-17H2,1-2H3,(H,28,31). The van der Waals surface area contributed by atoms with E-state index in [0.29, 0.717) is 36.1 Å². The summed E-state index contributed by atoms with van der Waals surface area (Å²) in [5.74, 6) is 1.92. The molecule has 0 radical (unpaired) electrons. The van der Waals surface area contributed by atoms with Crippen LogP contribution in [-0.2, 0) is 6.54 Å². The number of rotatable bonds is 9. The van der Waals surface area contributed by atoms with Crippen LogP contribution in [0.5, 0.6) is 11.5 Å². The van der Waals surface area contributed by atoms with E-state index in [1.54, 1.807) is 24.3 Å². The van der Waals surface area contributed by atoms with Crippen LogP contribution in [0, 0.1) is 0 Å². The molecule has 7 heteroatoms. The van der Waals surface area contributed by atoms with Crippen molar-refractivity contribution in [2.75, 3.05) is 13.2 Å². The zero-order valence-electron chi connectivity index (χ0n) is 18.6. The van der Waals surface area contributed by atoms with Gasteiger partial charge < -0.3 is 19.4 Å². The van der Waals surface area contributed by atoms with Crippen LogP contribution < -0.4 is 14.8 Å². The van der Waals surface area contributed by atoms with Crippen molar-refractivity contribution < 1.29 is 14.3 Å². The summed E-state index contributed by atoms with van der Waals surface area (Å²) in [6.07, 6.45) is 0. The molecule has 1 unspecified atom stereocenters. The van der Waals surface area contributed by atoms with Gasteiger partial charge in [-0.2, -0.15) is 0 Å². The van der Waals surface area contributed by atoms with E-state index in [1.807, 2.05) is 62.4 Å². The second kappa shape index (κ2) is 10.4. The molecule has 0 spiro atoms. The molecule has 3 aromatic carbocycles. The summed E-state index contributed by atoms with van der Waals surface area (Å²) in [5.41, 5.74) is 2.28. The number of hydrogen-bond acceptors (Lipinski definition) is 4. The van der Waals surface area contributed by atoms with Gasteiger partial charge in [-0.3, -0.25) is 4.79 Å². The van der Waals surface area contributed by atoms with Gasteiger partial charge in [0.1, 0.15) is 12.4 Å². The molecule has 1 N–H and O–H groups in total. The molecule has 1 atom stereocenters. The Labute approximate surface area is 198 Å². The summed E-state index contributed by atoms with van der Waals surface area (Å²) in [5, 5.41) is 3.44. The Hall–Kier alpha value is -3.51. The minimum absolute atomic E-state index is 0.242. The van der Waals surface area contributed by atoms with Crippen molar-refractivity contribution in [1.82, 2.24) is 14.9 Å². The quantitative estimate of drug-likeness (QED) is 0.348. The topological polar surface area (TPSA) is 65.4 Å². The summed E-state index contributed by atoms with van der Waals surface area (Å²) < 4.78 is 13.8. The minimum Gasteiger partial charge on any atom is -0.490 e. The van der Waals surface area contributed by atoms with Crippen LogP contribution in [0.1, 0.15) is 36.1 Å². The third-order valence-corrected chi connectivity index (χ3v) is 5.59. The first-order valence-electron chi connectivity index (χ1n) is 10.9. The molecule has 1 heterocycles. The predicted molar refractivity (Wildman–Crippen MR) is 130 cm³/mol. The van der Waals surface area contributed by atoms with E-state index in [9.17, 15) is 4.79 Å². The Bertz CT molecular complexity index is 1250. The van der Waals surface area contributed by atoms with Crippen molar-refractivity contribution in [3.63, 3.8) is 0 Å². The lowest BCUT2D eigenvalue weighted by Crippen LogP contribution is -2.29. The molecule has 170 valence electrons. The first-order valence-corrected chi connectivity index (χ1v) is 11.3.